The minimum atomic E-state index is -0.860. The maximum Gasteiger partial charge on any atom is 0.325 e. The van der Waals surface area contributed by atoms with Crippen molar-refractivity contribution in [1.29, 1.82) is 0 Å². The van der Waals surface area contributed by atoms with Gasteiger partial charge in [-0.3, -0.25) is 19.3 Å². The number of carbonyl (C=O) groups is 4. The van der Waals surface area contributed by atoms with Crippen LogP contribution >= 0.6 is 0 Å². The van der Waals surface area contributed by atoms with Crippen LogP contribution in [-0.2, 0) is 16.1 Å². The Morgan fingerprint density at radius 1 is 1.16 bits per heavy atom. The van der Waals surface area contributed by atoms with E-state index in [0.717, 1.165) is 29.7 Å². The maximum atomic E-state index is 13.1. The summed E-state index contributed by atoms with van der Waals surface area (Å²) in [5, 5.41) is 2.89. The van der Waals surface area contributed by atoms with Crippen LogP contribution in [0.5, 0.6) is 0 Å². The van der Waals surface area contributed by atoms with Crippen LogP contribution in [0.2, 0.25) is 0 Å². The standard InChI is InChI=1S/C23H32N4O4/c1-5-26(14-17-9-11-18(12-10-17)20(29)25(3)4)19(28)15-27-21(30)23(24-22(27)31)13-7-6-8-16(23)2/h9-12,16H,5-8,13-15H2,1-4H3,(H,24,31). The molecule has 5 amide bonds. The number of hydrogen-bond acceptors (Lipinski definition) is 4. The summed E-state index contributed by atoms with van der Waals surface area (Å²) in [6, 6.07) is 6.64. The van der Waals surface area contributed by atoms with Crippen molar-refractivity contribution in [3.05, 3.63) is 35.4 Å². The number of nitrogens with zero attached hydrogens (tertiary/aromatic N) is 3. The molecule has 8 nitrogen and oxygen atoms in total. The average molecular weight is 429 g/mol. The molecule has 2 fully saturated rings. The minimum absolute atomic E-state index is 0.0588. The highest BCUT2D eigenvalue weighted by atomic mass is 16.2. The van der Waals surface area contributed by atoms with Gasteiger partial charge in [0.25, 0.3) is 11.8 Å². The molecule has 31 heavy (non-hydrogen) atoms. The molecule has 1 aliphatic heterocycles. The first-order valence-electron chi connectivity index (χ1n) is 10.9. The first-order valence-corrected chi connectivity index (χ1v) is 10.9. The minimum Gasteiger partial charge on any atom is -0.345 e. The van der Waals surface area contributed by atoms with Gasteiger partial charge in [0.05, 0.1) is 0 Å². The normalized spacial score (nSPS) is 23.1. The number of amides is 5. The van der Waals surface area contributed by atoms with Crippen LogP contribution in [-0.4, -0.2) is 71.2 Å². The number of urea groups is 1. The quantitative estimate of drug-likeness (QED) is 0.704. The zero-order chi connectivity index (χ0) is 22.8. The number of carbonyl (C=O) groups excluding carboxylic acids is 4. The summed E-state index contributed by atoms with van der Waals surface area (Å²) in [6.07, 6.45) is 3.46. The van der Waals surface area contributed by atoms with Crippen LogP contribution < -0.4 is 5.32 Å². The lowest BCUT2D eigenvalue weighted by Gasteiger charge is -2.36. The first-order chi connectivity index (χ1) is 14.7. The molecule has 1 spiro atoms. The molecule has 0 aromatic heterocycles. The highest BCUT2D eigenvalue weighted by Gasteiger charge is 2.55. The SMILES string of the molecule is CCN(Cc1ccc(C(=O)N(C)C)cc1)C(=O)CN1C(=O)NC2(CCCCC2C)C1=O. The van der Waals surface area contributed by atoms with E-state index in [1.807, 2.05) is 26.0 Å². The van der Waals surface area contributed by atoms with Crippen molar-refractivity contribution in [2.24, 2.45) is 5.92 Å². The van der Waals surface area contributed by atoms with Crippen LogP contribution in [0.15, 0.2) is 24.3 Å². The Hall–Kier alpha value is -2.90. The van der Waals surface area contributed by atoms with E-state index in [1.54, 1.807) is 31.1 Å². The lowest BCUT2D eigenvalue weighted by Crippen LogP contribution is -2.54. The fourth-order valence-corrected chi connectivity index (χ4v) is 4.48. The van der Waals surface area contributed by atoms with E-state index >= 15 is 0 Å². The zero-order valence-corrected chi connectivity index (χ0v) is 18.8. The van der Waals surface area contributed by atoms with E-state index in [-0.39, 0.29) is 30.2 Å². The highest BCUT2D eigenvalue weighted by Crippen LogP contribution is 2.38. The fourth-order valence-electron chi connectivity index (χ4n) is 4.48. The third kappa shape index (κ3) is 4.43. The number of likely N-dealkylation sites (N-methyl/N-ethyl adjacent to an activating group) is 1. The monoisotopic (exact) mass is 428 g/mol. The Kier molecular flexibility index (Phi) is 6.67. The Bertz CT molecular complexity index is 867. The van der Waals surface area contributed by atoms with Crippen LogP contribution in [0.3, 0.4) is 0 Å². The van der Waals surface area contributed by atoms with Gasteiger partial charge in [-0.25, -0.2) is 4.79 Å². The fraction of sp³-hybridized carbons (Fsp3) is 0.565. The van der Waals surface area contributed by atoms with Gasteiger partial charge < -0.3 is 15.1 Å². The smallest absolute Gasteiger partial charge is 0.325 e. The molecule has 1 aromatic carbocycles. The average Bonchev–Trinajstić information content (AvgIpc) is 2.98. The topological polar surface area (TPSA) is 90.0 Å². The molecule has 1 saturated carbocycles. The van der Waals surface area contributed by atoms with Gasteiger partial charge in [0.1, 0.15) is 12.1 Å². The molecule has 2 unspecified atom stereocenters. The van der Waals surface area contributed by atoms with Gasteiger partial charge in [0.2, 0.25) is 5.91 Å². The molecule has 8 heteroatoms. The van der Waals surface area contributed by atoms with E-state index in [0.29, 0.717) is 25.1 Å². The largest absolute Gasteiger partial charge is 0.345 e. The summed E-state index contributed by atoms with van der Waals surface area (Å²) in [6.45, 7) is 4.38. The highest BCUT2D eigenvalue weighted by molar-refractivity contribution is 6.09. The molecule has 2 aliphatic rings. The molecule has 1 aromatic rings. The van der Waals surface area contributed by atoms with Gasteiger partial charge in [-0.15, -0.1) is 0 Å². The molecule has 1 N–H and O–H groups in total. The van der Waals surface area contributed by atoms with Crippen LogP contribution in [0.1, 0.15) is 55.5 Å². The molecule has 1 saturated heterocycles. The van der Waals surface area contributed by atoms with Gasteiger partial charge in [-0.05, 0) is 43.4 Å². The Morgan fingerprint density at radius 2 is 1.84 bits per heavy atom. The van der Waals surface area contributed by atoms with Crippen LogP contribution in [0.25, 0.3) is 0 Å². The van der Waals surface area contributed by atoms with Crippen LogP contribution in [0, 0.1) is 5.92 Å². The van der Waals surface area contributed by atoms with Crippen molar-refractivity contribution < 1.29 is 19.2 Å². The van der Waals surface area contributed by atoms with E-state index in [2.05, 4.69) is 5.32 Å². The van der Waals surface area contributed by atoms with Crippen molar-refractivity contribution in [3.8, 4) is 0 Å². The lowest BCUT2D eigenvalue weighted by atomic mass is 9.73. The predicted molar refractivity (Wildman–Crippen MR) is 116 cm³/mol. The molecule has 0 radical (unpaired) electrons. The summed E-state index contributed by atoms with van der Waals surface area (Å²) in [7, 11) is 3.39. The van der Waals surface area contributed by atoms with Crippen molar-refractivity contribution >= 4 is 23.8 Å². The summed E-state index contributed by atoms with van der Waals surface area (Å²) < 4.78 is 0. The number of nitrogens with one attached hydrogen (secondary N) is 1. The summed E-state index contributed by atoms with van der Waals surface area (Å²) >= 11 is 0. The Labute approximate surface area is 183 Å². The number of imide groups is 1. The van der Waals surface area contributed by atoms with Crippen molar-refractivity contribution in [1.82, 2.24) is 20.0 Å². The third-order valence-electron chi connectivity index (χ3n) is 6.51. The molecular weight excluding hydrogens is 396 g/mol. The predicted octanol–water partition coefficient (Wildman–Crippen LogP) is 2.24. The number of benzene rings is 1. The molecule has 0 bridgehead atoms. The second-order valence-electron chi connectivity index (χ2n) is 8.74. The summed E-state index contributed by atoms with van der Waals surface area (Å²) in [4.78, 5) is 54.8. The molecule has 168 valence electrons. The van der Waals surface area contributed by atoms with Gasteiger partial charge in [-0.1, -0.05) is 31.9 Å². The first kappa shape index (κ1) is 22.8. The van der Waals surface area contributed by atoms with E-state index in [4.69, 9.17) is 0 Å². The van der Waals surface area contributed by atoms with E-state index in [1.165, 1.54) is 4.90 Å². The molecule has 1 aliphatic carbocycles. The molecular formula is C23H32N4O4. The van der Waals surface area contributed by atoms with Crippen molar-refractivity contribution in [3.63, 3.8) is 0 Å². The molecule has 1 heterocycles. The van der Waals surface area contributed by atoms with E-state index < -0.39 is 11.6 Å². The van der Waals surface area contributed by atoms with Crippen molar-refractivity contribution in [2.75, 3.05) is 27.2 Å². The van der Waals surface area contributed by atoms with Gasteiger partial charge in [0, 0.05) is 32.7 Å². The maximum absolute atomic E-state index is 13.1. The molecule has 2 atom stereocenters. The van der Waals surface area contributed by atoms with Crippen LogP contribution in [0.4, 0.5) is 4.79 Å². The van der Waals surface area contributed by atoms with Gasteiger partial charge >= 0.3 is 6.03 Å². The Balaban J connectivity index is 1.66. The summed E-state index contributed by atoms with van der Waals surface area (Å²) in [5.41, 5.74) is 0.594. The number of hydrogen-bond donors (Lipinski definition) is 1. The number of rotatable bonds is 6. The molecule has 3 rings (SSSR count). The van der Waals surface area contributed by atoms with Gasteiger partial charge in [0.15, 0.2) is 0 Å². The lowest BCUT2D eigenvalue weighted by molar-refractivity contribution is -0.140. The second-order valence-corrected chi connectivity index (χ2v) is 8.74. The third-order valence-corrected chi connectivity index (χ3v) is 6.51. The zero-order valence-electron chi connectivity index (χ0n) is 18.8. The second kappa shape index (κ2) is 9.08. The Morgan fingerprint density at radius 3 is 2.42 bits per heavy atom. The van der Waals surface area contributed by atoms with E-state index in [9.17, 15) is 19.2 Å². The van der Waals surface area contributed by atoms with Crippen molar-refractivity contribution in [2.45, 2.75) is 51.6 Å². The summed E-state index contributed by atoms with van der Waals surface area (Å²) in [5.74, 6) is -0.580. The van der Waals surface area contributed by atoms with Gasteiger partial charge in [-0.2, -0.15) is 0 Å².